The third-order valence-corrected chi connectivity index (χ3v) is 7.50. The first-order chi connectivity index (χ1) is 13.4. The number of carboxylic acids is 1. The number of pyridine rings is 1. The number of carboxylic acid groups (broad SMARTS) is 1. The van der Waals surface area contributed by atoms with Crippen molar-refractivity contribution in [2.24, 2.45) is 11.8 Å². The average molecular weight is 404 g/mol. The lowest BCUT2D eigenvalue weighted by Crippen LogP contribution is -2.63. The normalized spacial score (nSPS) is 31.1. The zero-order chi connectivity index (χ0) is 20.0. The molecule has 1 unspecified atom stereocenters. The first kappa shape index (κ1) is 19.4. The number of aromatic nitrogens is 1. The zero-order valence-corrected chi connectivity index (χ0v) is 16.8. The number of aliphatic carboxylic acids is 1. The Balaban J connectivity index is 1.47. The van der Waals surface area contributed by atoms with E-state index < -0.39 is 18.0 Å². The topological polar surface area (TPSA) is 94.0 Å². The minimum Gasteiger partial charge on any atom is -0.477 e. The van der Waals surface area contributed by atoms with E-state index in [0.717, 1.165) is 31.0 Å². The third-order valence-electron chi connectivity index (χ3n) is 5.96. The molecule has 0 aliphatic carbocycles. The Hall–Kier alpha value is -1.90. The summed E-state index contributed by atoms with van der Waals surface area (Å²) in [5.41, 5.74) is 1.29. The van der Waals surface area contributed by atoms with Gasteiger partial charge in [-0.2, -0.15) is 0 Å². The fourth-order valence-corrected chi connectivity index (χ4v) is 6.16. The molecule has 2 N–H and O–H groups in total. The van der Waals surface area contributed by atoms with Crippen LogP contribution in [0.1, 0.15) is 25.8 Å². The molecule has 150 valence electrons. The molecule has 0 spiro atoms. The summed E-state index contributed by atoms with van der Waals surface area (Å²) in [7, 11) is 0. The van der Waals surface area contributed by atoms with Crippen LogP contribution in [0.3, 0.4) is 0 Å². The van der Waals surface area contributed by atoms with Crippen molar-refractivity contribution >= 4 is 23.6 Å². The highest BCUT2D eigenvalue weighted by Crippen LogP contribution is 2.51. The summed E-state index contributed by atoms with van der Waals surface area (Å²) in [5.74, 6) is -1.90. The molecule has 3 aliphatic rings. The molecule has 8 heteroatoms. The van der Waals surface area contributed by atoms with Crippen LogP contribution in [-0.2, 0) is 16.1 Å². The Kier molecular flexibility index (Phi) is 5.20. The molecule has 2 fully saturated rings. The standard InChI is InChI=1S/C20H25N3O4S/c1-11-16-15(12(2)24)19(25)23(16)17(20(26)27)18(11)28-14-5-7-22(10-14)9-13-4-3-6-21-8-13/h3-4,6,8,11-12,14-16,24H,5,7,9-10H2,1-2H3,(H,26,27)/t11-,12-,14?,15-,16-/m1/s1. The number of rotatable bonds is 6. The zero-order valence-electron chi connectivity index (χ0n) is 16.0. The van der Waals surface area contributed by atoms with Gasteiger partial charge in [0.15, 0.2) is 0 Å². The smallest absolute Gasteiger partial charge is 0.353 e. The van der Waals surface area contributed by atoms with Gasteiger partial charge in [0.05, 0.1) is 18.1 Å². The Morgan fingerprint density at radius 3 is 2.89 bits per heavy atom. The third kappa shape index (κ3) is 3.23. The second-order valence-corrected chi connectivity index (χ2v) is 9.24. The molecule has 5 atom stereocenters. The number of amides is 1. The number of hydrogen-bond acceptors (Lipinski definition) is 6. The molecule has 1 amide bonds. The van der Waals surface area contributed by atoms with Crippen LogP contribution in [0.4, 0.5) is 0 Å². The van der Waals surface area contributed by atoms with Crippen molar-refractivity contribution in [2.75, 3.05) is 13.1 Å². The van der Waals surface area contributed by atoms with E-state index in [1.807, 2.05) is 19.2 Å². The van der Waals surface area contributed by atoms with E-state index in [9.17, 15) is 19.8 Å². The van der Waals surface area contributed by atoms with Crippen LogP contribution in [0.2, 0.25) is 0 Å². The second-order valence-electron chi connectivity index (χ2n) is 7.90. The number of fused-ring (bicyclic) bond motifs is 1. The predicted molar refractivity (Wildman–Crippen MR) is 105 cm³/mol. The average Bonchev–Trinajstić information content (AvgIpc) is 3.17. The fourth-order valence-electron chi connectivity index (χ4n) is 4.65. The second kappa shape index (κ2) is 7.50. The summed E-state index contributed by atoms with van der Waals surface area (Å²) in [6.07, 6.45) is 3.85. The number of nitrogens with zero attached hydrogens (tertiary/aromatic N) is 3. The van der Waals surface area contributed by atoms with E-state index in [2.05, 4.69) is 16.0 Å². The van der Waals surface area contributed by atoms with E-state index in [1.54, 1.807) is 24.9 Å². The number of thioether (sulfide) groups is 1. The molecule has 7 nitrogen and oxygen atoms in total. The molecule has 0 aromatic carbocycles. The van der Waals surface area contributed by atoms with E-state index in [-0.39, 0.29) is 23.6 Å². The fraction of sp³-hybridized carbons (Fsp3) is 0.550. The van der Waals surface area contributed by atoms with Crippen LogP contribution in [0.5, 0.6) is 0 Å². The minimum absolute atomic E-state index is 0.0687. The van der Waals surface area contributed by atoms with Crippen LogP contribution in [0.25, 0.3) is 0 Å². The highest BCUT2D eigenvalue weighted by molar-refractivity contribution is 8.03. The summed E-state index contributed by atoms with van der Waals surface area (Å²) < 4.78 is 0. The summed E-state index contributed by atoms with van der Waals surface area (Å²) in [6.45, 7) is 6.24. The molecule has 2 saturated heterocycles. The van der Waals surface area contributed by atoms with Crippen LogP contribution in [0.15, 0.2) is 35.1 Å². The molecule has 28 heavy (non-hydrogen) atoms. The maximum absolute atomic E-state index is 12.4. The molecule has 1 aromatic heterocycles. The van der Waals surface area contributed by atoms with Crippen molar-refractivity contribution in [1.82, 2.24) is 14.8 Å². The molecule has 3 aliphatic heterocycles. The summed E-state index contributed by atoms with van der Waals surface area (Å²) in [6, 6.07) is 3.75. The van der Waals surface area contributed by atoms with Gasteiger partial charge in [-0.15, -0.1) is 11.8 Å². The number of hydrogen-bond donors (Lipinski definition) is 2. The summed E-state index contributed by atoms with van der Waals surface area (Å²) in [4.78, 5) is 33.0. The molecule has 0 radical (unpaired) electrons. The molecular weight excluding hydrogens is 378 g/mol. The van der Waals surface area contributed by atoms with Crippen molar-refractivity contribution in [3.63, 3.8) is 0 Å². The van der Waals surface area contributed by atoms with Gasteiger partial charge < -0.3 is 15.1 Å². The Labute approximate surface area is 168 Å². The lowest BCUT2D eigenvalue weighted by molar-refractivity contribution is -0.163. The lowest BCUT2D eigenvalue weighted by atomic mass is 9.79. The van der Waals surface area contributed by atoms with Gasteiger partial charge >= 0.3 is 5.97 Å². The summed E-state index contributed by atoms with van der Waals surface area (Å²) >= 11 is 1.60. The lowest BCUT2D eigenvalue weighted by Gasteiger charge is -2.46. The quantitative estimate of drug-likeness (QED) is 0.696. The highest BCUT2D eigenvalue weighted by atomic mass is 32.2. The molecular formula is C20H25N3O4S. The van der Waals surface area contributed by atoms with Gasteiger partial charge in [-0.3, -0.25) is 14.7 Å². The van der Waals surface area contributed by atoms with Crippen molar-refractivity contribution in [2.45, 2.75) is 44.2 Å². The van der Waals surface area contributed by atoms with Crippen molar-refractivity contribution in [3.05, 3.63) is 40.7 Å². The Morgan fingerprint density at radius 2 is 2.25 bits per heavy atom. The number of carbonyl (C=O) groups excluding carboxylic acids is 1. The van der Waals surface area contributed by atoms with Crippen LogP contribution < -0.4 is 0 Å². The van der Waals surface area contributed by atoms with Gasteiger partial charge in [0.25, 0.3) is 0 Å². The number of aliphatic hydroxyl groups is 1. The maximum atomic E-state index is 12.4. The molecule has 0 bridgehead atoms. The summed E-state index contributed by atoms with van der Waals surface area (Å²) in [5, 5.41) is 20.0. The predicted octanol–water partition coefficient (Wildman–Crippen LogP) is 1.54. The van der Waals surface area contributed by atoms with Crippen LogP contribution >= 0.6 is 11.8 Å². The van der Waals surface area contributed by atoms with E-state index in [0.29, 0.717) is 5.25 Å². The van der Waals surface area contributed by atoms with Gasteiger partial charge in [0, 0.05) is 41.6 Å². The Bertz CT molecular complexity index is 813. The SMILES string of the molecule is C[C@@H](O)[C@H]1C(=O)N2C(C(=O)O)=C(SC3CCN(Cc4cccnc4)C3)[C@H](C)[C@H]12. The first-order valence-electron chi connectivity index (χ1n) is 9.65. The van der Waals surface area contributed by atoms with Gasteiger partial charge in [0.1, 0.15) is 5.70 Å². The highest BCUT2D eigenvalue weighted by Gasteiger charge is 2.60. The monoisotopic (exact) mass is 403 g/mol. The van der Waals surface area contributed by atoms with Crippen LogP contribution in [-0.4, -0.2) is 67.4 Å². The minimum atomic E-state index is -1.06. The molecule has 1 aromatic rings. The molecule has 4 heterocycles. The van der Waals surface area contributed by atoms with Crippen molar-refractivity contribution in [1.29, 1.82) is 0 Å². The molecule has 0 saturated carbocycles. The molecule has 4 rings (SSSR count). The Morgan fingerprint density at radius 1 is 1.46 bits per heavy atom. The number of carbonyl (C=O) groups is 2. The number of β-lactam (4-membered cyclic amide) rings is 1. The van der Waals surface area contributed by atoms with Crippen molar-refractivity contribution in [3.8, 4) is 0 Å². The van der Waals surface area contributed by atoms with E-state index in [4.69, 9.17) is 0 Å². The van der Waals surface area contributed by atoms with Crippen LogP contribution in [0, 0.1) is 11.8 Å². The first-order valence-corrected chi connectivity index (χ1v) is 10.5. The maximum Gasteiger partial charge on any atom is 0.353 e. The van der Waals surface area contributed by atoms with Gasteiger partial charge in [-0.05, 0) is 31.5 Å². The number of likely N-dealkylation sites (tertiary alicyclic amines) is 1. The van der Waals surface area contributed by atoms with Gasteiger partial charge in [-0.25, -0.2) is 4.79 Å². The van der Waals surface area contributed by atoms with Crippen molar-refractivity contribution < 1.29 is 19.8 Å². The van der Waals surface area contributed by atoms with E-state index in [1.165, 1.54) is 10.5 Å². The number of aliphatic hydroxyl groups excluding tert-OH is 1. The largest absolute Gasteiger partial charge is 0.477 e. The van der Waals surface area contributed by atoms with Gasteiger partial charge in [-0.1, -0.05) is 13.0 Å². The van der Waals surface area contributed by atoms with Gasteiger partial charge in [0.2, 0.25) is 5.91 Å². The van der Waals surface area contributed by atoms with E-state index >= 15 is 0 Å².